The highest BCUT2D eigenvalue weighted by atomic mass is 16.5. The van der Waals surface area contributed by atoms with Gasteiger partial charge in [0.15, 0.2) is 0 Å². The fraction of sp³-hybridized carbons (Fsp3) is 0.125. The fourth-order valence-corrected chi connectivity index (χ4v) is 1.64. The summed E-state index contributed by atoms with van der Waals surface area (Å²) in [5, 5.41) is 0. The van der Waals surface area contributed by atoms with E-state index >= 15 is 0 Å². The summed E-state index contributed by atoms with van der Waals surface area (Å²) < 4.78 is 10.4. The Morgan fingerprint density at radius 3 is 2.05 bits per heavy atom. The molecule has 3 nitrogen and oxygen atoms in total. The van der Waals surface area contributed by atoms with Crippen molar-refractivity contribution in [3.63, 3.8) is 0 Å². The Morgan fingerprint density at radius 2 is 1.47 bits per heavy atom. The number of nitrogens with two attached hydrogens (primary N) is 1. The molecule has 0 saturated heterocycles. The number of methoxy groups -OCH3 is 2. The lowest BCUT2D eigenvalue weighted by Crippen LogP contribution is -1.89. The first kappa shape index (κ1) is 12.8. The molecule has 0 amide bonds. The molecule has 0 fully saturated rings. The van der Waals surface area contributed by atoms with Crippen LogP contribution in [0, 0.1) is 11.8 Å². The van der Waals surface area contributed by atoms with E-state index in [1.807, 2.05) is 42.5 Å². The zero-order valence-electron chi connectivity index (χ0n) is 10.9. The topological polar surface area (TPSA) is 44.5 Å². The smallest absolute Gasteiger partial charge is 0.123 e. The van der Waals surface area contributed by atoms with E-state index in [4.69, 9.17) is 15.2 Å². The molecule has 0 radical (unpaired) electrons. The minimum absolute atomic E-state index is 0.704. The zero-order chi connectivity index (χ0) is 13.7. The van der Waals surface area contributed by atoms with Gasteiger partial charge in [-0.1, -0.05) is 17.9 Å². The minimum atomic E-state index is 0.704. The van der Waals surface area contributed by atoms with Gasteiger partial charge in [0.1, 0.15) is 11.5 Å². The van der Waals surface area contributed by atoms with E-state index in [-0.39, 0.29) is 0 Å². The number of hydrogen-bond donors (Lipinski definition) is 1. The van der Waals surface area contributed by atoms with Gasteiger partial charge >= 0.3 is 0 Å². The summed E-state index contributed by atoms with van der Waals surface area (Å²) in [6.45, 7) is 0. The molecule has 0 atom stereocenters. The largest absolute Gasteiger partial charge is 0.497 e. The van der Waals surface area contributed by atoms with Gasteiger partial charge in [0.05, 0.1) is 14.2 Å². The maximum Gasteiger partial charge on any atom is 0.123 e. The molecule has 0 heterocycles. The van der Waals surface area contributed by atoms with Crippen molar-refractivity contribution in [2.24, 2.45) is 0 Å². The van der Waals surface area contributed by atoms with Crippen LogP contribution in [-0.4, -0.2) is 14.2 Å². The van der Waals surface area contributed by atoms with Crippen molar-refractivity contribution >= 4 is 5.69 Å². The summed E-state index contributed by atoms with van der Waals surface area (Å²) in [6.07, 6.45) is 0. The van der Waals surface area contributed by atoms with E-state index < -0.39 is 0 Å². The summed E-state index contributed by atoms with van der Waals surface area (Å²) in [5.41, 5.74) is 8.12. The van der Waals surface area contributed by atoms with Gasteiger partial charge in [0.25, 0.3) is 0 Å². The van der Waals surface area contributed by atoms with Gasteiger partial charge in [0, 0.05) is 22.9 Å². The first-order chi connectivity index (χ1) is 9.21. The second-order valence-electron chi connectivity index (χ2n) is 3.98. The molecular weight excluding hydrogens is 238 g/mol. The number of anilines is 1. The summed E-state index contributed by atoms with van der Waals surface area (Å²) in [4.78, 5) is 0. The average Bonchev–Trinajstić information content (AvgIpc) is 2.44. The van der Waals surface area contributed by atoms with Gasteiger partial charge in [-0.2, -0.15) is 0 Å². The van der Waals surface area contributed by atoms with E-state index in [9.17, 15) is 0 Å². The summed E-state index contributed by atoms with van der Waals surface area (Å²) in [6, 6.07) is 13.0. The Labute approximate surface area is 113 Å². The molecule has 0 aliphatic carbocycles. The average molecular weight is 253 g/mol. The highest BCUT2D eigenvalue weighted by Gasteiger charge is 1.99. The number of nitrogen functional groups attached to an aromatic ring is 1. The Bertz CT molecular complexity index is 616. The van der Waals surface area contributed by atoms with Gasteiger partial charge in [0.2, 0.25) is 0 Å². The van der Waals surface area contributed by atoms with E-state index in [0.717, 1.165) is 22.6 Å². The quantitative estimate of drug-likeness (QED) is 0.661. The van der Waals surface area contributed by atoms with Crippen LogP contribution in [0.4, 0.5) is 5.69 Å². The molecule has 19 heavy (non-hydrogen) atoms. The van der Waals surface area contributed by atoms with E-state index in [2.05, 4.69) is 11.8 Å². The highest BCUT2D eigenvalue weighted by Crippen LogP contribution is 2.21. The highest BCUT2D eigenvalue weighted by molar-refractivity contribution is 5.52. The number of benzene rings is 2. The summed E-state index contributed by atoms with van der Waals surface area (Å²) in [7, 11) is 3.23. The normalized spacial score (nSPS) is 9.37. The molecule has 3 heteroatoms. The SMILES string of the molecule is COc1cc(C#Cc2cccc(N)c2)cc(OC)c1. The second kappa shape index (κ2) is 5.83. The third-order valence-corrected chi connectivity index (χ3v) is 2.59. The van der Waals surface area contributed by atoms with Crippen molar-refractivity contribution in [1.29, 1.82) is 0 Å². The van der Waals surface area contributed by atoms with Crippen molar-refractivity contribution in [2.75, 3.05) is 20.0 Å². The van der Waals surface area contributed by atoms with E-state index in [1.165, 1.54) is 0 Å². The van der Waals surface area contributed by atoms with Crippen LogP contribution in [0.25, 0.3) is 0 Å². The van der Waals surface area contributed by atoms with Gasteiger partial charge in [-0.05, 0) is 30.3 Å². The third kappa shape index (κ3) is 3.43. The van der Waals surface area contributed by atoms with E-state index in [1.54, 1.807) is 14.2 Å². The van der Waals surface area contributed by atoms with Gasteiger partial charge in [-0.15, -0.1) is 0 Å². The minimum Gasteiger partial charge on any atom is -0.497 e. The maximum absolute atomic E-state index is 5.71. The molecule has 96 valence electrons. The molecule has 0 saturated carbocycles. The maximum atomic E-state index is 5.71. The van der Waals surface area contributed by atoms with Crippen LogP contribution in [0.3, 0.4) is 0 Å². The molecule has 0 unspecified atom stereocenters. The molecule has 2 aromatic rings. The molecule has 2 N–H and O–H groups in total. The predicted molar refractivity (Wildman–Crippen MR) is 76.4 cm³/mol. The molecule has 0 bridgehead atoms. The Kier molecular flexibility index (Phi) is 3.94. The second-order valence-corrected chi connectivity index (χ2v) is 3.98. The van der Waals surface area contributed by atoms with Crippen LogP contribution in [0.5, 0.6) is 11.5 Å². The monoisotopic (exact) mass is 253 g/mol. The Morgan fingerprint density at radius 1 is 0.842 bits per heavy atom. The molecule has 2 aromatic carbocycles. The molecule has 0 spiro atoms. The molecular formula is C16H15NO2. The number of ether oxygens (including phenoxy) is 2. The van der Waals surface area contributed by atoms with Crippen molar-refractivity contribution in [1.82, 2.24) is 0 Å². The van der Waals surface area contributed by atoms with Crippen LogP contribution in [0.1, 0.15) is 11.1 Å². The van der Waals surface area contributed by atoms with Gasteiger partial charge < -0.3 is 15.2 Å². The zero-order valence-corrected chi connectivity index (χ0v) is 10.9. The van der Waals surface area contributed by atoms with Gasteiger partial charge in [-0.25, -0.2) is 0 Å². The van der Waals surface area contributed by atoms with Crippen LogP contribution in [0.15, 0.2) is 42.5 Å². The lowest BCUT2D eigenvalue weighted by atomic mass is 10.1. The number of hydrogen-bond acceptors (Lipinski definition) is 3. The van der Waals surface area contributed by atoms with Crippen molar-refractivity contribution in [3.8, 4) is 23.3 Å². The van der Waals surface area contributed by atoms with Crippen molar-refractivity contribution in [2.45, 2.75) is 0 Å². The van der Waals surface area contributed by atoms with Crippen molar-refractivity contribution in [3.05, 3.63) is 53.6 Å². The first-order valence-electron chi connectivity index (χ1n) is 5.82. The lowest BCUT2D eigenvalue weighted by molar-refractivity contribution is 0.394. The van der Waals surface area contributed by atoms with E-state index in [0.29, 0.717) is 5.69 Å². The van der Waals surface area contributed by atoms with Crippen molar-refractivity contribution < 1.29 is 9.47 Å². The molecule has 0 aliphatic rings. The van der Waals surface area contributed by atoms with Crippen LogP contribution in [-0.2, 0) is 0 Å². The van der Waals surface area contributed by atoms with Crippen LogP contribution >= 0.6 is 0 Å². The molecule has 0 aromatic heterocycles. The Hall–Kier alpha value is -2.60. The lowest BCUT2D eigenvalue weighted by Gasteiger charge is -2.04. The number of rotatable bonds is 2. The summed E-state index contributed by atoms with van der Waals surface area (Å²) in [5.74, 6) is 7.57. The molecule has 2 rings (SSSR count). The summed E-state index contributed by atoms with van der Waals surface area (Å²) >= 11 is 0. The molecule has 0 aliphatic heterocycles. The predicted octanol–water partition coefficient (Wildman–Crippen LogP) is 2.69. The standard InChI is InChI=1S/C16H15NO2/c1-18-15-9-13(10-16(11-15)19-2)7-6-12-4-3-5-14(17)8-12/h3-5,8-11H,17H2,1-2H3. The first-order valence-corrected chi connectivity index (χ1v) is 5.82. The third-order valence-electron chi connectivity index (χ3n) is 2.59. The fourth-order valence-electron chi connectivity index (χ4n) is 1.64. The Balaban J connectivity index is 2.33. The van der Waals surface area contributed by atoms with Crippen LogP contribution in [0.2, 0.25) is 0 Å². The van der Waals surface area contributed by atoms with Gasteiger partial charge in [-0.3, -0.25) is 0 Å². The van der Waals surface area contributed by atoms with Crippen LogP contribution < -0.4 is 15.2 Å².